The lowest BCUT2D eigenvalue weighted by Gasteiger charge is -2.26. The minimum Gasteiger partial charge on any atom is -0.507 e. The lowest BCUT2D eigenvalue weighted by Crippen LogP contribution is -2.31. The van der Waals surface area contributed by atoms with Gasteiger partial charge in [-0.25, -0.2) is 0 Å². The standard InChI is InChI=1S/C23H22ClN3O4/c1-2-12-31-16-7-4-14(5-8-16)22-19-20(17-13-15(24)6-9-18(17)29)25-26-21(19)23(30)27(22)10-3-11-28/h2,4-9,13,22,28-29H,1,3,10-12H2,(H,25,26). The molecule has 4 rings (SSSR count). The maximum absolute atomic E-state index is 13.1. The van der Waals surface area contributed by atoms with Crippen LogP contribution in [0.5, 0.6) is 11.5 Å². The normalized spacial score (nSPS) is 15.2. The number of nitrogens with zero attached hydrogens (tertiary/aromatic N) is 2. The molecule has 1 atom stereocenters. The molecule has 7 nitrogen and oxygen atoms in total. The van der Waals surface area contributed by atoms with Gasteiger partial charge in [-0.05, 0) is 42.3 Å². The lowest BCUT2D eigenvalue weighted by atomic mass is 9.95. The summed E-state index contributed by atoms with van der Waals surface area (Å²) in [6.45, 7) is 4.39. The minimum absolute atomic E-state index is 0.0203. The molecule has 2 heterocycles. The van der Waals surface area contributed by atoms with Crippen molar-refractivity contribution >= 4 is 17.5 Å². The SMILES string of the molecule is C=CCOc1ccc(C2c3c(-c4cc(Cl)ccc4O)n[nH]c3C(=O)N2CCCO)cc1. The fraction of sp³-hybridized carbons (Fsp3) is 0.217. The van der Waals surface area contributed by atoms with Crippen molar-refractivity contribution in [2.24, 2.45) is 0 Å². The van der Waals surface area contributed by atoms with Gasteiger partial charge in [0.25, 0.3) is 5.91 Å². The Hall–Kier alpha value is -3.29. The molecule has 3 N–H and O–H groups in total. The van der Waals surface area contributed by atoms with Crippen LogP contribution in [0.3, 0.4) is 0 Å². The molecule has 1 aliphatic rings. The molecule has 0 saturated carbocycles. The number of nitrogens with one attached hydrogen (secondary N) is 1. The maximum atomic E-state index is 13.1. The maximum Gasteiger partial charge on any atom is 0.273 e. The van der Waals surface area contributed by atoms with Crippen LogP contribution in [0.1, 0.15) is 34.1 Å². The molecule has 0 spiro atoms. The number of benzene rings is 2. The van der Waals surface area contributed by atoms with Crippen molar-refractivity contribution in [2.75, 3.05) is 19.8 Å². The predicted octanol–water partition coefficient (Wildman–Crippen LogP) is 3.93. The molecular formula is C23H22ClN3O4. The van der Waals surface area contributed by atoms with Crippen LogP contribution in [0.25, 0.3) is 11.3 Å². The highest BCUT2D eigenvalue weighted by molar-refractivity contribution is 6.31. The average molecular weight is 440 g/mol. The van der Waals surface area contributed by atoms with Gasteiger partial charge in [0.1, 0.15) is 29.5 Å². The molecule has 31 heavy (non-hydrogen) atoms. The summed E-state index contributed by atoms with van der Waals surface area (Å²) in [4.78, 5) is 14.8. The van der Waals surface area contributed by atoms with Gasteiger partial charge in [0, 0.05) is 29.3 Å². The number of rotatable bonds is 8. The summed E-state index contributed by atoms with van der Waals surface area (Å²) in [6, 6.07) is 11.7. The summed E-state index contributed by atoms with van der Waals surface area (Å²) in [6.07, 6.45) is 2.11. The van der Waals surface area contributed by atoms with Gasteiger partial charge in [0.05, 0.1) is 6.04 Å². The molecule has 1 aromatic heterocycles. The van der Waals surface area contributed by atoms with E-state index in [1.807, 2.05) is 24.3 Å². The van der Waals surface area contributed by atoms with E-state index in [1.165, 1.54) is 6.07 Å². The molecule has 0 aliphatic carbocycles. The number of fused-ring (bicyclic) bond motifs is 1. The molecule has 2 aromatic carbocycles. The number of carbonyl (C=O) groups excluding carboxylic acids is 1. The molecule has 3 aromatic rings. The van der Waals surface area contributed by atoms with Crippen LogP contribution in [0.4, 0.5) is 0 Å². The zero-order valence-electron chi connectivity index (χ0n) is 16.7. The van der Waals surface area contributed by atoms with Gasteiger partial charge in [0.15, 0.2) is 0 Å². The highest BCUT2D eigenvalue weighted by Crippen LogP contribution is 2.45. The largest absolute Gasteiger partial charge is 0.507 e. The number of hydrogen-bond donors (Lipinski definition) is 3. The average Bonchev–Trinajstić information content (AvgIpc) is 3.32. The second-order valence-corrected chi connectivity index (χ2v) is 7.61. The Labute approximate surface area is 184 Å². The number of halogens is 1. The predicted molar refractivity (Wildman–Crippen MR) is 117 cm³/mol. The van der Waals surface area contributed by atoms with Crippen molar-refractivity contribution in [1.82, 2.24) is 15.1 Å². The van der Waals surface area contributed by atoms with Crippen LogP contribution in [0, 0.1) is 0 Å². The van der Waals surface area contributed by atoms with E-state index in [-0.39, 0.29) is 18.3 Å². The van der Waals surface area contributed by atoms with E-state index in [1.54, 1.807) is 23.1 Å². The first-order valence-corrected chi connectivity index (χ1v) is 10.3. The molecule has 1 aliphatic heterocycles. The Balaban J connectivity index is 1.81. The summed E-state index contributed by atoms with van der Waals surface area (Å²) in [5.41, 5.74) is 2.80. The van der Waals surface area contributed by atoms with Crippen molar-refractivity contribution in [1.29, 1.82) is 0 Å². The first-order chi connectivity index (χ1) is 15.0. The third kappa shape index (κ3) is 3.89. The van der Waals surface area contributed by atoms with E-state index in [0.717, 1.165) is 5.56 Å². The number of aromatic nitrogens is 2. The van der Waals surface area contributed by atoms with Crippen molar-refractivity contribution in [2.45, 2.75) is 12.5 Å². The molecule has 1 amide bonds. The Morgan fingerprint density at radius 2 is 2.03 bits per heavy atom. The fourth-order valence-corrected chi connectivity index (χ4v) is 3.99. The Morgan fingerprint density at radius 3 is 2.74 bits per heavy atom. The molecule has 0 radical (unpaired) electrons. The number of aromatic hydroxyl groups is 1. The number of phenolic OH excluding ortho intramolecular Hbond substituents is 1. The van der Waals surface area contributed by atoms with Gasteiger partial charge in [-0.15, -0.1) is 0 Å². The number of amides is 1. The van der Waals surface area contributed by atoms with Crippen molar-refractivity contribution < 1.29 is 19.7 Å². The molecular weight excluding hydrogens is 418 g/mol. The monoisotopic (exact) mass is 439 g/mol. The van der Waals surface area contributed by atoms with Crippen LogP contribution in [-0.2, 0) is 0 Å². The van der Waals surface area contributed by atoms with Crippen molar-refractivity contribution in [3.63, 3.8) is 0 Å². The van der Waals surface area contributed by atoms with E-state index in [4.69, 9.17) is 16.3 Å². The second kappa shape index (κ2) is 8.83. The highest BCUT2D eigenvalue weighted by Gasteiger charge is 2.42. The van der Waals surface area contributed by atoms with Crippen LogP contribution >= 0.6 is 11.6 Å². The van der Waals surface area contributed by atoms with Crippen LogP contribution in [-0.4, -0.2) is 51.0 Å². The van der Waals surface area contributed by atoms with Gasteiger partial charge in [0.2, 0.25) is 0 Å². The number of carbonyl (C=O) groups is 1. The number of ether oxygens (including phenoxy) is 1. The van der Waals surface area contributed by atoms with E-state index in [2.05, 4.69) is 16.8 Å². The number of aromatic amines is 1. The fourth-order valence-electron chi connectivity index (χ4n) is 3.82. The molecule has 160 valence electrons. The number of aliphatic hydroxyl groups is 1. The summed E-state index contributed by atoms with van der Waals surface area (Å²) in [7, 11) is 0. The number of H-pyrrole nitrogens is 1. The van der Waals surface area contributed by atoms with Gasteiger partial charge in [-0.1, -0.05) is 36.4 Å². The zero-order chi connectivity index (χ0) is 22.0. The van der Waals surface area contributed by atoms with Gasteiger partial charge in [-0.2, -0.15) is 5.10 Å². The smallest absolute Gasteiger partial charge is 0.273 e. The van der Waals surface area contributed by atoms with E-state index >= 15 is 0 Å². The van der Waals surface area contributed by atoms with E-state index < -0.39 is 6.04 Å². The summed E-state index contributed by atoms with van der Waals surface area (Å²) < 4.78 is 5.56. The molecule has 0 saturated heterocycles. The lowest BCUT2D eigenvalue weighted by molar-refractivity contribution is 0.0732. The van der Waals surface area contributed by atoms with Crippen molar-refractivity contribution in [3.05, 3.63) is 77.0 Å². The summed E-state index contributed by atoms with van der Waals surface area (Å²) in [5, 5.41) is 27.4. The molecule has 8 heteroatoms. The first kappa shape index (κ1) is 21.0. The van der Waals surface area contributed by atoms with Crippen molar-refractivity contribution in [3.8, 4) is 22.8 Å². The van der Waals surface area contributed by atoms with E-state index in [9.17, 15) is 15.0 Å². The second-order valence-electron chi connectivity index (χ2n) is 7.17. The highest BCUT2D eigenvalue weighted by atomic mass is 35.5. The Kier molecular flexibility index (Phi) is 5.97. The molecule has 0 fully saturated rings. The van der Waals surface area contributed by atoms with Gasteiger partial charge >= 0.3 is 0 Å². The zero-order valence-corrected chi connectivity index (χ0v) is 17.5. The number of aliphatic hydroxyl groups excluding tert-OH is 1. The number of phenols is 1. The third-order valence-electron chi connectivity index (χ3n) is 5.20. The topological polar surface area (TPSA) is 98.7 Å². The van der Waals surface area contributed by atoms with Crippen LogP contribution < -0.4 is 4.74 Å². The quantitative estimate of drug-likeness (QED) is 0.462. The Bertz CT molecular complexity index is 1110. The van der Waals surface area contributed by atoms with Gasteiger partial charge in [-0.3, -0.25) is 9.89 Å². The molecule has 0 bridgehead atoms. The van der Waals surface area contributed by atoms with E-state index in [0.29, 0.717) is 52.9 Å². The van der Waals surface area contributed by atoms with Crippen LogP contribution in [0.15, 0.2) is 55.1 Å². The van der Waals surface area contributed by atoms with Gasteiger partial charge < -0.3 is 19.8 Å². The minimum atomic E-state index is -0.436. The summed E-state index contributed by atoms with van der Waals surface area (Å²) >= 11 is 6.15. The first-order valence-electron chi connectivity index (χ1n) is 9.87. The van der Waals surface area contributed by atoms with Crippen LogP contribution in [0.2, 0.25) is 5.02 Å². The molecule has 1 unspecified atom stereocenters. The third-order valence-corrected chi connectivity index (χ3v) is 5.43. The number of hydrogen-bond acceptors (Lipinski definition) is 5. The summed E-state index contributed by atoms with van der Waals surface area (Å²) in [5.74, 6) is 0.502. The Morgan fingerprint density at radius 1 is 1.26 bits per heavy atom.